The second-order valence-corrected chi connectivity index (χ2v) is 4.86. The summed E-state index contributed by atoms with van der Waals surface area (Å²) in [5.41, 5.74) is 1.52. The molecule has 0 aliphatic carbocycles. The molecule has 1 aliphatic heterocycles. The Bertz CT molecular complexity index is 487. The Morgan fingerprint density at radius 1 is 1.53 bits per heavy atom. The zero-order valence-electron chi connectivity index (χ0n) is 9.57. The average Bonchev–Trinajstić information content (AvgIpc) is 2.32. The van der Waals surface area contributed by atoms with Crippen LogP contribution in [0.25, 0.3) is 0 Å². The van der Waals surface area contributed by atoms with Crippen LogP contribution in [-0.2, 0) is 9.59 Å². The van der Waals surface area contributed by atoms with Crippen molar-refractivity contribution in [2.24, 2.45) is 0 Å². The summed E-state index contributed by atoms with van der Waals surface area (Å²) in [5, 5.41) is 0. The number of anilines is 1. The lowest BCUT2D eigenvalue weighted by atomic mass is 10.1. The van der Waals surface area contributed by atoms with Crippen molar-refractivity contribution < 1.29 is 14.3 Å². The molecule has 0 aromatic heterocycles. The minimum atomic E-state index is -0.349. The van der Waals surface area contributed by atoms with Crippen LogP contribution in [0, 0.1) is 0 Å². The van der Waals surface area contributed by atoms with Gasteiger partial charge in [0.2, 0.25) is 0 Å². The maximum absolute atomic E-state index is 11.5. The van der Waals surface area contributed by atoms with E-state index in [9.17, 15) is 9.59 Å². The van der Waals surface area contributed by atoms with Gasteiger partial charge in [-0.15, -0.1) is 0 Å². The van der Waals surface area contributed by atoms with E-state index in [-0.39, 0.29) is 23.1 Å². The van der Waals surface area contributed by atoms with E-state index in [2.05, 4.69) is 15.9 Å². The maximum Gasteiger partial charge on any atom is 0.264 e. The van der Waals surface area contributed by atoms with Crippen LogP contribution in [0.3, 0.4) is 0 Å². The van der Waals surface area contributed by atoms with E-state index in [4.69, 9.17) is 4.74 Å². The first kappa shape index (κ1) is 12.1. The molecule has 1 aliphatic rings. The van der Waals surface area contributed by atoms with Gasteiger partial charge in [0.15, 0.2) is 6.61 Å². The first-order valence-corrected chi connectivity index (χ1v) is 6.10. The summed E-state index contributed by atoms with van der Waals surface area (Å²) < 4.78 is 5.31. The van der Waals surface area contributed by atoms with Crippen LogP contribution in [0.15, 0.2) is 18.2 Å². The van der Waals surface area contributed by atoms with Gasteiger partial charge in [0.1, 0.15) is 11.5 Å². The number of alkyl halides is 1. The molecule has 1 aromatic carbocycles. The molecule has 4 nitrogen and oxygen atoms in total. The van der Waals surface area contributed by atoms with Crippen molar-refractivity contribution in [2.45, 2.75) is 11.8 Å². The van der Waals surface area contributed by atoms with E-state index >= 15 is 0 Å². The van der Waals surface area contributed by atoms with Crippen molar-refractivity contribution in [1.82, 2.24) is 0 Å². The summed E-state index contributed by atoms with van der Waals surface area (Å²) in [6.07, 6.45) is 0. The third kappa shape index (κ3) is 2.20. The number of hydrogen-bond donors (Lipinski definition) is 0. The Hall–Kier alpha value is -1.36. The second-order valence-electron chi connectivity index (χ2n) is 3.94. The van der Waals surface area contributed by atoms with Gasteiger partial charge >= 0.3 is 0 Å². The number of likely N-dealkylation sites (N-methyl/N-ethyl adjacent to an activating group) is 1. The molecule has 1 heterocycles. The van der Waals surface area contributed by atoms with Gasteiger partial charge in [0.25, 0.3) is 5.91 Å². The van der Waals surface area contributed by atoms with Gasteiger partial charge in [-0.25, -0.2) is 0 Å². The Kier molecular flexibility index (Phi) is 3.19. The average molecular weight is 298 g/mol. The lowest BCUT2D eigenvalue weighted by Gasteiger charge is -2.26. The quantitative estimate of drug-likeness (QED) is 0.785. The van der Waals surface area contributed by atoms with E-state index in [0.717, 1.165) is 5.56 Å². The monoisotopic (exact) mass is 297 g/mol. The highest BCUT2D eigenvalue weighted by atomic mass is 79.9. The number of carbonyl (C=O) groups excluding carboxylic acids is 2. The summed E-state index contributed by atoms with van der Waals surface area (Å²) in [6.45, 7) is 1.58. The van der Waals surface area contributed by atoms with Crippen LogP contribution in [-0.4, -0.2) is 25.3 Å². The zero-order valence-corrected chi connectivity index (χ0v) is 11.2. The smallest absolute Gasteiger partial charge is 0.264 e. The van der Waals surface area contributed by atoms with Gasteiger partial charge in [0.05, 0.1) is 10.5 Å². The van der Waals surface area contributed by atoms with Crippen LogP contribution in [0.4, 0.5) is 5.69 Å². The fraction of sp³-hybridized carbons (Fsp3) is 0.333. The Balaban J connectivity index is 2.42. The van der Waals surface area contributed by atoms with Crippen molar-refractivity contribution in [3.8, 4) is 5.75 Å². The molecule has 17 heavy (non-hydrogen) atoms. The van der Waals surface area contributed by atoms with Crippen LogP contribution >= 0.6 is 15.9 Å². The first-order chi connectivity index (χ1) is 8.00. The number of benzene rings is 1. The number of ether oxygens (including phenoxy) is 1. The second kappa shape index (κ2) is 4.49. The van der Waals surface area contributed by atoms with E-state index in [1.807, 2.05) is 6.07 Å². The number of hydrogen-bond acceptors (Lipinski definition) is 3. The maximum atomic E-state index is 11.5. The molecule has 1 unspecified atom stereocenters. The Morgan fingerprint density at radius 2 is 2.24 bits per heavy atom. The van der Waals surface area contributed by atoms with Gasteiger partial charge in [-0.3, -0.25) is 9.59 Å². The normalized spacial score (nSPS) is 16.2. The highest BCUT2D eigenvalue weighted by Crippen LogP contribution is 2.35. The molecule has 0 N–H and O–H groups in total. The molecule has 0 saturated heterocycles. The summed E-state index contributed by atoms with van der Waals surface area (Å²) >= 11 is 3.32. The van der Waals surface area contributed by atoms with Gasteiger partial charge in [-0.2, -0.15) is 0 Å². The first-order valence-electron chi connectivity index (χ1n) is 5.18. The lowest BCUT2D eigenvalue weighted by Crippen LogP contribution is -2.35. The molecule has 0 saturated carbocycles. The van der Waals surface area contributed by atoms with Crippen LogP contribution < -0.4 is 9.64 Å². The molecule has 2 rings (SSSR count). The minimum Gasteiger partial charge on any atom is -0.482 e. The van der Waals surface area contributed by atoms with Crippen molar-refractivity contribution in [2.75, 3.05) is 18.6 Å². The number of rotatable bonds is 2. The van der Waals surface area contributed by atoms with Crippen LogP contribution in [0.5, 0.6) is 5.75 Å². The van der Waals surface area contributed by atoms with Crippen LogP contribution in [0.1, 0.15) is 17.3 Å². The predicted octanol–water partition coefficient (Wildman–Crippen LogP) is 2.07. The predicted molar refractivity (Wildman–Crippen MR) is 67.7 cm³/mol. The highest BCUT2D eigenvalue weighted by molar-refractivity contribution is 9.09. The molecular weight excluding hydrogens is 286 g/mol. The number of halogens is 1. The van der Waals surface area contributed by atoms with Gasteiger partial charge in [-0.05, 0) is 24.6 Å². The molecule has 0 spiro atoms. The van der Waals surface area contributed by atoms with Crippen molar-refractivity contribution >= 4 is 33.3 Å². The highest BCUT2D eigenvalue weighted by Gasteiger charge is 2.24. The standard InChI is InChI=1S/C12H12BrNO3/c1-7(15)12(13)8-3-4-10-9(5-8)14(2)11(16)6-17-10/h3-5,12H,6H2,1-2H3. The largest absolute Gasteiger partial charge is 0.482 e. The lowest BCUT2D eigenvalue weighted by molar-refractivity contribution is -0.121. The van der Waals surface area contributed by atoms with Crippen molar-refractivity contribution in [1.29, 1.82) is 0 Å². The summed E-state index contributed by atoms with van der Waals surface area (Å²) in [6, 6.07) is 5.40. The molecule has 1 amide bonds. The molecular formula is C12H12BrNO3. The molecule has 0 fully saturated rings. The van der Waals surface area contributed by atoms with Crippen molar-refractivity contribution in [3.05, 3.63) is 23.8 Å². The topological polar surface area (TPSA) is 46.6 Å². The minimum absolute atomic E-state index is 0.0238. The summed E-state index contributed by atoms with van der Waals surface area (Å²) in [5.74, 6) is 0.596. The molecule has 90 valence electrons. The SMILES string of the molecule is CC(=O)C(Br)c1ccc2c(c1)N(C)C(=O)CO2. The number of carbonyl (C=O) groups is 2. The van der Waals surface area contributed by atoms with Gasteiger partial charge in [0, 0.05) is 7.05 Å². The number of nitrogens with zero attached hydrogens (tertiary/aromatic N) is 1. The van der Waals surface area contributed by atoms with E-state index in [1.165, 1.54) is 6.92 Å². The van der Waals surface area contributed by atoms with Crippen LogP contribution in [0.2, 0.25) is 0 Å². The molecule has 0 bridgehead atoms. The number of ketones is 1. The van der Waals surface area contributed by atoms with Gasteiger partial charge < -0.3 is 9.64 Å². The third-order valence-corrected chi connectivity index (χ3v) is 3.89. The molecule has 0 radical (unpaired) electrons. The molecule has 5 heteroatoms. The molecule has 1 aromatic rings. The van der Waals surface area contributed by atoms with E-state index < -0.39 is 0 Å². The van der Waals surface area contributed by atoms with Crippen molar-refractivity contribution in [3.63, 3.8) is 0 Å². The fourth-order valence-corrected chi connectivity index (χ4v) is 1.97. The molecule has 1 atom stereocenters. The summed E-state index contributed by atoms with van der Waals surface area (Å²) in [7, 11) is 1.70. The number of Topliss-reactive ketones (excluding diaryl/α,β-unsaturated/α-hetero) is 1. The van der Waals surface area contributed by atoms with E-state index in [1.54, 1.807) is 24.1 Å². The Labute approximate surface area is 108 Å². The Morgan fingerprint density at radius 3 is 2.88 bits per heavy atom. The zero-order chi connectivity index (χ0) is 12.6. The van der Waals surface area contributed by atoms with Gasteiger partial charge in [-0.1, -0.05) is 22.0 Å². The fourth-order valence-electron chi connectivity index (χ4n) is 1.68. The number of fused-ring (bicyclic) bond motifs is 1. The number of amides is 1. The third-order valence-electron chi connectivity index (χ3n) is 2.72. The summed E-state index contributed by atoms with van der Waals surface area (Å²) in [4.78, 5) is 24.0. The van der Waals surface area contributed by atoms with E-state index in [0.29, 0.717) is 11.4 Å².